The number of fused-ring (bicyclic) bond motifs is 3. The van der Waals surface area contributed by atoms with E-state index in [0.717, 1.165) is 24.6 Å². The van der Waals surface area contributed by atoms with Crippen molar-refractivity contribution in [3.63, 3.8) is 0 Å². The minimum atomic E-state index is -0.436. The highest BCUT2D eigenvalue weighted by molar-refractivity contribution is 5.95. The Morgan fingerprint density at radius 1 is 1.11 bits per heavy atom. The second-order valence-corrected chi connectivity index (χ2v) is 9.62. The molecule has 1 saturated heterocycles. The average molecular weight is 521 g/mol. The van der Waals surface area contributed by atoms with Crippen molar-refractivity contribution in [3.05, 3.63) is 46.8 Å². The minimum Gasteiger partial charge on any atom is -0.481 e. The fraction of sp³-hybridized carbons (Fsp3) is 0.423. The number of anilines is 2. The molecule has 3 aliphatic rings. The molecule has 12 heteroatoms. The Morgan fingerprint density at radius 2 is 1.97 bits per heavy atom. The fourth-order valence-corrected chi connectivity index (χ4v) is 5.41. The molecule has 2 N–H and O–H groups in total. The van der Waals surface area contributed by atoms with E-state index >= 15 is 0 Å². The van der Waals surface area contributed by atoms with Crippen LogP contribution in [0.5, 0.6) is 11.6 Å². The van der Waals surface area contributed by atoms with Crippen LogP contribution in [0.15, 0.2) is 41.2 Å². The zero-order valence-electron chi connectivity index (χ0n) is 20.9. The number of pyridine rings is 3. The molecule has 0 bridgehead atoms. The van der Waals surface area contributed by atoms with E-state index in [9.17, 15) is 14.4 Å². The number of hydrogen-bond acceptors (Lipinski definition) is 9. The van der Waals surface area contributed by atoms with E-state index in [2.05, 4.69) is 20.6 Å². The van der Waals surface area contributed by atoms with Crippen LogP contribution in [0.3, 0.4) is 0 Å². The first-order valence-corrected chi connectivity index (χ1v) is 12.7. The van der Waals surface area contributed by atoms with Crippen LogP contribution < -0.4 is 30.6 Å². The van der Waals surface area contributed by atoms with Crippen LogP contribution in [-0.2, 0) is 16.1 Å². The monoisotopic (exact) mass is 520 g/mol. The van der Waals surface area contributed by atoms with E-state index in [1.54, 1.807) is 46.9 Å². The normalized spacial score (nSPS) is 22.3. The summed E-state index contributed by atoms with van der Waals surface area (Å²) in [7, 11) is 1.55. The Balaban J connectivity index is 1.06. The second-order valence-electron chi connectivity index (χ2n) is 9.62. The van der Waals surface area contributed by atoms with Gasteiger partial charge < -0.3 is 24.8 Å². The Bertz CT molecular complexity index is 1460. The molecule has 3 atom stereocenters. The molecule has 2 amide bonds. The maximum absolute atomic E-state index is 12.8. The zero-order chi connectivity index (χ0) is 26.2. The predicted octanol–water partition coefficient (Wildman–Crippen LogP) is 2.06. The fourth-order valence-electron chi connectivity index (χ4n) is 5.41. The lowest BCUT2D eigenvalue weighted by Crippen LogP contribution is -2.46. The molecule has 0 aromatic carbocycles. The lowest BCUT2D eigenvalue weighted by molar-refractivity contribution is -0.118. The summed E-state index contributed by atoms with van der Waals surface area (Å²) in [5.74, 6) is 1.41. The van der Waals surface area contributed by atoms with Gasteiger partial charge >= 0.3 is 6.09 Å². The molecular formula is C26H28N6O6. The summed E-state index contributed by atoms with van der Waals surface area (Å²) in [5, 5.41) is 7.12. The molecule has 12 nitrogen and oxygen atoms in total. The molecule has 3 aromatic rings. The summed E-state index contributed by atoms with van der Waals surface area (Å²) >= 11 is 0. The number of hydrogen-bond donors (Lipinski definition) is 2. The number of nitrogens with one attached hydrogen (secondary N) is 2. The molecule has 1 aliphatic carbocycles. The van der Waals surface area contributed by atoms with E-state index in [1.807, 2.05) is 6.07 Å². The number of nitrogens with zero attached hydrogens (tertiary/aromatic N) is 4. The summed E-state index contributed by atoms with van der Waals surface area (Å²) in [6.45, 7) is 1.18. The van der Waals surface area contributed by atoms with Gasteiger partial charge in [0, 0.05) is 36.5 Å². The van der Waals surface area contributed by atoms with Crippen LogP contribution in [0.2, 0.25) is 0 Å². The summed E-state index contributed by atoms with van der Waals surface area (Å²) < 4.78 is 18.0. The van der Waals surface area contributed by atoms with Crippen LogP contribution in [0.25, 0.3) is 11.0 Å². The van der Waals surface area contributed by atoms with Crippen molar-refractivity contribution in [1.82, 2.24) is 19.9 Å². The highest BCUT2D eigenvalue weighted by Crippen LogP contribution is 2.37. The van der Waals surface area contributed by atoms with E-state index in [4.69, 9.17) is 14.2 Å². The third-order valence-corrected chi connectivity index (χ3v) is 7.25. The van der Waals surface area contributed by atoms with Crippen LogP contribution in [0, 0.1) is 0 Å². The smallest absolute Gasteiger partial charge is 0.416 e. The number of carbonyl (C=O) groups excluding carboxylic acids is 2. The molecule has 2 fully saturated rings. The Hall–Kier alpha value is -4.19. The molecule has 0 radical (unpaired) electrons. The summed E-state index contributed by atoms with van der Waals surface area (Å²) in [4.78, 5) is 47.4. The number of aromatic nitrogens is 3. The van der Waals surface area contributed by atoms with Gasteiger partial charge in [-0.3, -0.25) is 19.1 Å². The molecule has 198 valence electrons. The van der Waals surface area contributed by atoms with Gasteiger partial charge in [-0.2, -0.15) is 4.98 Å². The van der Waals surface area contributed by atoms with Crippen molar-refractivity contribution in [2.75, 3.05) is 30.5 Å². The Kier molecular flexibility index (Phi) is 6.32. The number of methoxy groups -OCH3 is 1. The van der Waals surface area contributed by atoms with Crippen LogP contribution in [0.1, 0.15) is 25.7 Å². The number of carbonyl (C=O) groups is 2. The molecule has 3 aromatic heterocycles. The molecule has 0 spiro atoms. The molecule has 6 rings (SSSR count). The van der Waals surface area contributed by atoms with Gasteiger partial charge in [-0.25, -0.2) is 9.78 Å². The lowest BCUT2D eigenvalue weighted by Gasteiger charge is -2.33. The van der Waals surface area contributed by atoms with Crippen molar-refractivity contribution < 1.29 is 23.8 Å². The first-order chi connectivity index (χ1) is 18.5. The molecule has 5 heterocycles. The largest absolute Gasteiger partial charge is 0.481 e. The van der Waals surface area contributed by atoms with E-state index in [1.165, 1.54) is 0 Å². The molecule has 2 aliphatic heterocycles. The van der Waals surface area contributed by atoms with E-state index < -0.39 is 6.09 Å². The Morgan fingerprint density at radius 3 is 2.84 bits per heavy atom. The molecule has 38 heavy (non-hydrogen) atoms. The molecular weight excluding hydrogens is 492 g/mol. The maximum Gasteiger partial charge on any atom is 0.416 e. The van der Waals surface area contributed by atoms with E-state index in [0.29, 0.717) is 48.4 Å². The predicted molar refractivity (Wildman–Crippen MR) is 138 cm³/mol. The quantitative estimate of drug-likeness (QED) is 0.449. The highest BCUT2D eigenvalue weighted by atomic mass is 16.6. The summed E-state index contributed by atoms with van der Waals surface area (Å²) in [6, 6.07) is 10.5. The van der Waals surface area contributed by atoms with E-state index in [-0.39, 0.29) is 36.3 Å². The van der Waals surface area contributed by atoms with Crippen molar-refractivity contribution in [2.45, 2.75) is 50.4 Å². The Labute approximate surface area is 217 Å². The van der Waals surface area contributed by atoms with Crippen molar-refractivity contribution in [3.8, 4) is 11.6 Å². The van der Waals surface area contributed by atoms with Gasteiger partial charge in [0.15, 0.2) is 18.2 Å². The van der Waals surface area contributed by atoms with Gasteiger partial charge in [0.25, 0.3) is 11.5 Å². The van der Waals surface area contributed by atoms with Crippen LogP contribution >= 0.6 is 0 Å². The summed E-state index contributed by atoms with van der Waals surface area (Å²) in [6.07, 6.45) is 2.35. The molecule has 1 saturated carbocycles. The number of rotatable bonds is 7. The van der Waals surface area contributed by atoms with Crippen molar-refractivity contribution >= 4 is 34.7 Å². The van der Waals surface area contributed by atoms with Gasteiger partial charge in [0.1, 0.15) is 17.6 Å². The maximum atomic E-state index is 12.8. The minimum absolute atomic E-state index is 0.0524. The van der Waals surface area contributed by atoms with Gasteiger partial charge in [-0.05, 0) is 50.1 Å². The highest BCUT2D eigenvalue weighted by Gasteiger charge is 2.46. The van der Waals surface area contributed by atoms with Crippen molar-refractivity contribution in [2.24, 2.45) is 0 Å². The molecule has 0 unspecified atom stereocenters. The van der Waals surface area contributed by atoms with Crippen LogP contribution in [0.4, 0.5) is 16.4 Å². The average Bonchev–Trinajstić information content (AvgIpc) is 3.26. The third kappa shape index (κ3) is 4.51. The third-order valence-electron chi connectivity index (χ3n) is 7.25. The first-order valence-electron chi connectivity index (χ1n) is 12.7. The lowest BCUT2D eigenvalue weighted by atomic mass is 9.88. The SMILES string of the molecule is COc1ccc2ccc(=O)n(CCCN[C@H]3CC[C@H]4[C@H](C3)OC(=O)N4c3ccc4c(n3)NC(=O)CO4)c2n1. The first kappa shape index (κ1) is 24.2. The zero-order valence-corrected chi connectivity index (χ0v) is 20.9. The van der Waals surface area contributed by atoms with Gasteiger partial charge in [-0.15, -0.1) is 0 Å². The number of ether oxygens (including phenoxy) is 3. The van der Waals surface area contributed by atoms with Gasteiger partial charge in [0.05, 0.1) is 13.2 Å². The topological polar surface area (TPSA) is 137 Å². The summed E-state index contributed by atoms with van der Waals surface area (Å²) in [5.41, 5.74) is 0.510. The number of amides is 2. The van der Waals surface area contributed by atoms with Gasteiger partial charge in [0.2, 0.25) is 5.88 Å². The second kappa shape index (κ2) is 9.93. The number of aryl methyl sites for hydroxylation is 1. The standard InChI is InChI=1S/C26H28N6O6/c1-36-22-9-3-15-4-10-23(34)31(25(15)30-22)12-2-11-27-16-5-6-17-19(13-16)38-26(35)32(17)20-8-7-18-24(28-20)29-21(33)14-37-18/h3-4,7-10,16-17,19,27H,2,5-6,11-14H2,1H3,(H,28,29,33)/t16-,17-,19-/m0/s1. The van der Waals surface area contributed by atoms with Gasteiger partial charge in [-0.1, -0.05) is 0 Å². The van der Waals surface area contributed by atoms with Crippen molar-refractivity contribution in [1.29, 1.82) is 0 Å². The van der Waals surface area contributed by atoms with Crippen LogP contribution in [-0.4, -0.2) is 65.0 Å².